The smallest absolute Gasteiger partial charge is 0.373 e. The van der Waals surface area contributed by atoms with E-state index in [0.29, 0.717) is 6.42 Å². The van der Waals surface area contributed by atoms with Crippen molar-refractivity contribution in [1.82, 2.24) is 0 Å². The second-order valence-electron chi connectivity index (χ2n) is 6.59. The summed E-state index contributed by atoms with van der Waals surface area (Å²) < 4.78 is 75.7. The van der Waals surface area contributed by atoms with Crippen LogP contribution in [0.3, 0.4) is 0 Å². The van der Waals surface area contributed by atoms with Crippen LogP contribution in [0.1, 0.15) is 31.9 Å². The van der Waals surface area contributed by atoms with Gasteiger partial charge in [0.1, 0.15) is 0 Å². The van der Waals surface area contributed by atoms with Crippen molar-refractivity contribution in [3.05, 3.63) is 35.4 Å². The molecule has 1 aromatic rings. The third-order valence-electron chi connectivity index (χ3n) is 3.16. The Balaban J connectivity index is 3.02. The summed E-state index contributed by atoms with van der Waals surface area (Å²) in [6.07, 6.45) is -12.5. The minimum atomic E-state index is -5.80. The van der Waals surface area contributed by atoms with E-state index in [-0.39, 0.29) is 11.0 Å². The first-order chi connectivity index (χ1) is 9.66. The van der Waals surface area contributed by atoms with E-state index in [1.165, 1.54) is 24.3 Å². The Bertz CT molecular complexity index is 479. The largest absolute Gasteiger partial charge is 0.426 e. The van der Waals surface area contributed by atoms with Gasteiger partial charge in [0, 0.05) is 6.42 Å². The molecular formula is C15H18F6O. The first-order valence-electron chi connectivity index (χ1n) is 6.59. The van der Waals surface area contributed by atoms with Crippen LogP contribution in [-0.2, 0) is 12.8 Å². The molecule has 22 heavy (non-hydrogen) atoms. The zero-order valence-corrected chi connectivity index (χ0v) is 12.4. The number of benzene rings is 1. The molecule has 0 fully saturated rings. The van der Waals surface area contributed by atoms with Crippen molar-refractivity contribution in [2.24, 2.45) is 5.41 Å². The van der Waals surface area contributed by atoms with Crippen LogP contribution in [0, 0.1) is 5.41 Å². The maximum atomic E-state index is 12.6. The van der Waals surface area contributed by atoms with E-state index >= 15 is 0 Å². The normalized spacial score (nSPS) is 14.3. The van der Waals surface area contributed by atoms with Crippen molar-refractivity contribution in [2.75, 3.05) is 0 Å². The van der Waals surface area contributed by atoms with Gasteiger partial charge in [-0.25, -0.2) is 0 Å². The van der Waals surface area contributed by atoms with E-state index in [0.717, 1.165) is 5.56 Å². The predicted octanol–water partition coefficient (Wildman–Crippen LogP) is 4.67. The molecule has 0 aliphatic heterocycles. The standard InChI is InChI=1S/C15H18F6O/c1-12(2,3)8-10-4-6-11(7-5-10)9-13(22,14(16,17)18)15(19,20)21/h4-7,22H,8-9H2,1-3H3. The molecule has 0 aromatic heterocycles. The van der Waals surface area contributed by atoms with Crippen LogP contribution in [-0.4, -0.2) is 23.1 Å². The number of hydrogen-bond acceptors (Lipinski definition) is 1. The number of alkyl halides is 6. The lowest BCUT2D eigenvalue weighted by molar-refractivity contribution is -0.367. The van der Waals surface area contributed by atoms with Crippen LogP contribution in [0.15, 0.2) is 24.3 Å². The molecule has 1 nitrogen and oxygen atoms in total. The van der Waals surface area contributed by atoms with Gasteiger partial charge in [-0.15, -0.1) is 0 Å². The SMILES string of the molecule is CC(C)(C)Cc1ccc(CC(O)(C(F)(F)F)C(F)(F)F)cc1. The minimum absolute atomic E-state index is 0.0554. The summed E-state index contributed by atoms with van der Waals surface area (Å²) in [6, 6.07) is 5.33. The molecule has 7 heteroatoms. The third-order valence-corrected chi connectivity index (χ3v) is 3.16. The molecule has 0 saturated heterocycles. The maximum Gasteiger partial charge on any atom is 0.426 e. The van der Waals surface area contributed by atoms with E-state index < -0.39 is 24.4 Å². The maximum absolute atomic E-state index is 12.6. The molecule has 0 saturated carbocycles. The second kappa shape index (κ2) is 5.76. The van der Waals surface area contributed by atoms with Gasteiger partial charge in [-0.05, 0) is 23.0 Å². The van der Waals surface area contributed by atoms with Crippen LogP contribution >= 0.6 is 0 Å². The van der Waals surface area contributed by atoms with Gasteiger partial charge in [0.25, 0.3) is 5.60 Å². The van der Waals surface area contributed by atoms with Gasteiger partial charge in [0.15, 0.2) is 0 Å². The monoisotopic (exact) mass is 328 g/mol. The molecule has 1 aromatic carbocycles. The van der Waals surface area contributed by atoms with Crippen molar-refractivity contribution in [3.63, 3.8) is 0 Å². The Kier molecular flexibility index (Phi) is 4.92. The van der Waals surface area contributed by atoms with Crippen molar-refractivity contribution < 1.29 is 31.4 Å². The highest BCUT2D eigenvalue weighted by atomic mass is 19.4. The topological polar surface area (TPSA) is 20.2 Å². The molecule has 0 spiro atoms. The van der Waals surface area contributed by atoms with Crippen LogP contribution in [0.5, 0.6) is 0 Å². The molecule has 0 atom stereocenters. The summed E-state index contributed by atoms with van der Waals surface area (Å²) >= 11 is 0. The molecule has 1 N–H and O–H groups in total. The fourth-order valence-corrected chi connectivity index (χ4v) is 2.04. The van der Waals surface area contributed by atoms with Gasteiger partial charge in [0.2, 0.25) is 0 Å². The second-order valence-corrected chi connectivity index (χ2v) is 6.59. The molecule has 0 amide bonds. The van der Waals surface area contributed by atoms with Gasteiger partial charge < -0.3 is 5.11 Å². The average Bonchev–Trinajstić information content (AvgIpc) is 2.26. The number of halogens is 6. The van der Waals surface area contributed by atoms with Crippen LogP contribution in [0.25, 0.3) is 0 Å². The zero-order chi connectivity index (χ0) is 17.4. The summed E-state index contributed by atoms with van der Waals surface area (Å²) in [7, 11) is 0. The van der Waals surface area contributed by atoms with Crippen molar-refractivity contribution >= 4 is 0 Å². The fourth-order valence-electron chi connectivity index (χ4n) is 2.04. The minimum Gasteiger partial charge on any atom is -0.373 e. The van der Waals surface area contributed by atoms with Crippen LogP contribution in [0.2, 0.25) is 0 Å². The zero-order valence-electron chi connectivity index (χ0n) is 12.4. The van der Waals surface area contributed by atoms with Gasteiger partial charge in [0.05, 0.1) is 0 Å². The molecule has 0 bridgehead atoms. The Hall–Kier alpha value is -1.24. The van der Waals surface area contributed by atoms with E-state index in [1.54, 1.807) is 0 Å². The quantitative estimate of drug-likeness (QED) is 0.799. The summed E-state index contributed by atoms with van der Waals surface area (Å²) in [4.78, 5) is 0. The van der Waals surface area contributed by atoms with E-state index in [2.05, 4.69) is 0 Å². The van der Waals surface area contributed by atoms with Crippen molar-refractivity contribution in [2.45, 2.75) is 51.6 Å². The van der Waals surface area contributed by atoms with Crippen molar-refractivity contribution in [1.29, 1.82) is 0 Å². The Morgan fingerprint density at radius 2 is 1.05 bits per heavy atom. The lowest BCUT2D eigenvalue weighted by Gasteiger charge is -2.32. The Morgan fingerprint density at radius 1 is 0.727 bits per heavy atom. The average molecular weight is 328 g/mol. The van der Waals surface area contributed by atoms with Crippen molar-refractivity contribution in [3.8, 4) is 0 Å². The van der Waals surface area contributed by atoms with E-state index in [4.69, 9.17) is 5.11 Å². The molecule has 0 aliphatic carbocycles. The van der Waals surface area contributed by atoms with Crippen LogP contribution in [0.4, 0.5) is 26.3 Å². The molecular weight excluding hydrogens is 310 g/mol. The Morgan fingerprint density at radius 3 is 1.32 bits per heavy atom. The van der Waals surface area contributed by atoms with Gasteiger partial charge >= 0.3 is 12.4 Å². The predicted molar refractivity (Wildman–Crippen MR) is 70.4 cm³/mol. The summed E-state index contributed by atoms with van der Waals surface area (Å²) in [5.41, 5.74) is -4.22. The van der Waals surface area contributed by atoms with E-state index in [9.17, 15) is 26.3 Å². The van der Waals surface area contributed by atoms with Gasteiger partial charge in [-0.1, -0.05) is 45.0 Å². The first-order valence-corrected chi connectivity index (χ1v) is 6.59. The Labute approximate surface area is 125 Å². The fraction of sp³-hybridized carbons (Fsp3) is 0.600. The third kappa shape index (κ3) is 4.38. The number of rotatable bonds is 3. The molecule has 0 unspecified atom stereocenters. The highest BCUT2D eigenvalue weighted by molar-refractivity contribution is 5.25. The molecule has 126 valence electrons. The van der Waals surface area contributed by atoms with Crippen LogP contribution < -0.4 is 0 Å². The highest BCUT2D eigenvalue weighted by Gasteiger charge is 2.70. The lowest BCUT2D eigenvalue weighted by atomic mass is 9.87. The lowest BCUT2D eigenvalue weighted by Crippen LogP contribution is -2.58. The highest BCUT2D eigenvalue weighted by Crippen LogP contribution is 2.45. The molecule has 0 heterocycles. The summed E-state index contributed by atoms with van der Waals surface area (Å²) in [5, 5.41) is 9.14. The summed E-state index contributed by atoms with van der Waals surface area (Å²) in [6.45, 7) is 5.90. The summed E-state index contributed by atoms with van der Waals surface area (Å²) in [5.74, 6) is 0. The number of hydrogen-bond donors (Lipinski definition) is 1. The van der Waals surface area contributed by atoms with E-state index in [1.807, 2.05) is 20.8 Å². The molecule has 0 aliphatic rings. The first kappa shape index (κ1) is 18.8. The molecule has 0 radical (unpaired) electrons. The molecule has 1 rings (SSSR count). The van der Waals surface area contributed by atoms with Gasteiger partial charge in [-0.3, -0.25) is 0 Å². The van der Waals surface area contributed by atoms with Gasteiger partial charge in [-0.2, -0.15) is 26.3 Å². The number of aliphatic hydroxyl groups is 1.